The van der Waals surface area contributed by atoms with Gasteiger partial charge in [0.1, 0.15) is 5.75 Å². The monoisotopic (exact) mass is 463 g/mol. The van der Waals surface area contributed by atoms with E-state index < -0.39 is 21.8 Å². The van der Waals surface area contributed by atoms with E-state index in [2.05, 4.69) is 10.9 Å². The van der Waals surface area contributed by atoms with Crippen LogP contribution in [0.15, 0.2) is 41.3 Å². The van der Waals surface area contributed by atoms with Gasteiger partial charge in [-0.2, -0.15) is 4.31 Å². The molecule has 2 aliphatic rings. The van der Waals surface area contributed by atoms with Crippen LogP contribution in [0.5, 0.6) is 17.2 Å². The molecule has 170 valence electrons. The second-order valence-corrected chi connectivity index (χ2v) is 8.79. The standard InChI is InChI=1S/C20H21N3O8S/c1-28-16-5-3-14(32(26,27)23-6-8-29-9-7-23)11-15(16)20(25)22-21-19(24)13-2-4-17-18(10-13)31-12-30-17/h2-5,10-11H,6-9,12H2,1H3,(H,21,24)(H,22,25). The number of ether oxygens (including phenoxy) is 4. The normalized spacial score (nSPS) is 15.8. The summed E-state index contributed by atoms with van der Waals surface area (Å²) in [6, 6.07) is 8.56. The fourth-order valence-corrected chi connectivity index (χ4v) is 4.69. The molecule has 0 aliphatic carbocycles. The number of amides is 2. The summed E-state index contributed by atoms with van der Waals surface area (Å²) in [5, 5.41) is 0. The summed E-state index contributed by atoms with van der Waals surface area (Å²) in [5.74, 6) is -0.233. The topological polar surface area (TPSA) is 132 Å². The number of rotatable bonds is 5. The molecule has 4 rings (SSSR count). The molecule has 0 bridgehead atoms. The van der Waals surface area contributed by atoms with Crippen molar-refractivity contribution in [2.75, 3.05) is 40.2 Å². The lowest BCUT2D eigenvalue weighted by Gasteiger charge is -2.26. The average Bonchev–Trinajstić information content (AvgIpc) is 3.30. The molecule has 0 radical (unpaired) electrons. The summed E-state index contributed by atoms with van der Waals surface area (Å²) in [7, 11) is -2.46. The van der Waals surface area contributed by atoms with Gasteiger partial charge in [-0.25, -0.2) is 8.42 Å². The third kappa shape index (κ3) is 4.33. The average molecular weight is 463 g/mol. The first-order valence-electron chi connectivity index (χ1n) is 9.66. The number of carbonyl (C=O) groups excluding carboxylic acids is 2. The second-order valence-electron chi connectivity index (χ2n) is 6.85. The van der Waals surface area contributed by atoms with Gasteiger partial charge in [0.05, 0.1) is 30.8 Å². The van der Waals surface area contributed by atoms with E-state index in [1.54, 1.807) is 6.07 Å². The van der Waals surface area contributed by atoms with Gasteiger partial charge in [-0.05, 0) is 36.4 Å². The van der Waals surface area contributed by atoms with Crippen LogP contribution in [-0.4, -0.2) is 64.7 Å². The Morgan fingerprint density at radius 1 is 0.969 bits per heavy atom. The number of methoxy groups -OCH3 is 1. The van der Waals surface area contributed by atoms with Gasteiger partial charge in [0.15, 0.2) is 11.5 Å². The van der Waals surface area contributed by atoms with Crippen LogP contribution in [0, 0.1) is 0 Å². The highest BCUT2D eigenvalue weighted by molar-refractivity contribution is 7.89. The number of carbonyl (C=O) groups is 2. The number of hydrazine groups is 1. The molecule has 0 atom stereocenters. The Morgan fingerprint density at radius 3 is 2.44 bits per heavy atom. The first-order valence-corrected chi connectivity index (χ1v) is 11.1. The van der Waals surface area contributed by atoms with Crippen LogP contribution in [0.25, 0.3) is 0 Å². The fourth-order valence-electron chi connectivity index (χ4n) is 3.25. The van der Waals surface area contributed by atoms with Crippen molar-refractivity contribution < 1.29 is 37.0 Å². The van der Waals surface area contributed by atoms with Gasteiger partial charge in [0.2, 0.25) is 16.8 Å². The maximum Gasteiger partial charge on any atom is 0.273 e. The van der Waals surface area contributed by atoms with Crippen molar-refractivity contribution in [3.05, 3.63) is 47.5 Å². The van der Waals surface area contributed by atoms with E-state index in [9.17, 15) is 18.0 Å². The SMILES string of the molecule is COc1ccc(S(=O)(=O)N2CCOCC2)cc1C(=O)NNC(=O)c1ccc2c(c1)OCO2. The molecule has 2 aliphatic heterocycles. The minimum atomic E-state index is -3.82. The Morgan fingerprint density at radius 2 is 1.69 bits per heavy atom. The molecule has 0 spiro atoms. The summed E-state index contributed by atoms with van der Waals surface area (Å²) >= 11 is 0. The molecule has 1 saturated heterocycles. The third-order valence-corrected chi connectivity index (χ3v) is 6.84. The molecule has 2 aromatic carbocycles. The maximum atomic E-state index is 12.9. The van der Waals surface area contributed by atoms with Crippen LogP contribution < -0.4 is 25.1 Å². The Hall–Kier alpha value is -3.35. The number of nitrogens with one attached hydrogen (secondary N) is 2. The molecule has 0 aromatic heterocycles. The van der Waals surface area contributed by atoms with Crippen molar-refractivity contribution in [2.45, 2.75) is 4.90 Å². The third-order valence-electron chi connectivity index (χ3n) is 4.95. The van der Waals surface area contributed by atoms with E-state index in [1.807, 2.05) is 0 Å². The number of hydrogen-bond donors (Lipinski definition) is 2. The number of nitrogens with zero attached hydrogens (tertiary/aromatic N) is 1. The first-order chi connectivity index (χ1) is 15.4. The molecule has 2 N–H and O–H groups in total. The number of fused-ring (bicyclic) bond motifs is 1. The quantitative estimate of drug-likeness (QED) is 0.614. The largest absolute Gasteiger partial charge is 0.496 e. The van der Waals surface area contributed by atoms with E-state index in [0.29, 0.717) is 24.7 Å². The second kappa shape index (κ2) is 9.02. The lowest BCUT2D eigenvalue weighted by atomic mass is 10.2. The van der Waals surface area contributed by atoms with Crippen LogP contribution in [0.2, 0.25) is 0 Å². The molecular weight excluding hydrogens is 442 g/mol. The number of sulfonamides is 1. The van der Waals surface area contributed by atoms with Crippen molar-refractivity contribution in [1.29, 1.82) is 0 Å². The first kappa shape index (κ1) is 21.9. The molecule has 0 saturated carbocycles. The highest BCUT2D eigenvalue weighted by Gasteiger charge is 2.28. The molecule has 11 nitrogen and oxygen atoms in total. The lowest BCUT2D eigenvalue weighted by molar-refractivity contribution is 0.0730. The van der Waals surface area contributed by atoms with Crippen molar-refractivity contribution in [1.82, 2.24) is 15.2 Å². The Kier molecular flexibility index (Phi) is 6.17. The smallest absolute Gasteiger partial charge is 0.273 e. The van der Waals surface area contributed by atoms with Gasteiger partial charge in [-0.3, -0.25) is 20.4 Å². The summed E-state index contributed by atoms with van der Waals surface area (Å²) < 4.78 is 47.9. The number of morpholine rings is 1. The van der Waals surface area contributed by atoms with Crippen LogP contribution in [0.4, 0.5) is 0 Å². The predicted octanol–water partition coefficient (Wildman–Crippen LogP) is 0.520. The van der Waals surface area contributed by atoms with Crippen molar-refractivity contribution >= 4 is 21.8 Å². The van der Waals surface area contributed by atoms with Crippen LogP contribution in [0.3, 0.4) is 0 Å². The predicted molar refractivity (Wildman–Crippen MR) is 110 cm³/mol. The molecule has 2 heterocycles. The number of benzene rings is 2. The van der Waals surface area contributed by atoms with Crippen LogP contribution in [0.1, 0.15) is 20.7 Å². The Bertz CT molecular complexity index is 1150. The van der Waals surface area contributed by atoms with Gasteiger partial charge in [-0.15, -0.1) is 0 Å². The highest BCUT2D eigenvalue weighted by atomic mass is 32.2. The van der Waals surface area contributed by atoms with Crippen LogP contribution in [-0.2, 0) is 14.8 Å². The lowest BCUT2D eigenvalue weighted by Crippen LogP contribution is -2.42. The van der Waals surface area contributed by atoms with E-state index in [-0.39, 0.29) is 41.7 Å². The molecule has 2 aromatic rings. The molecule has 2 amide bonds. The zero-order chi connectivity index (χ0) is 22.7. The van der Waals surface area contributed by atoms with Crippen LogP contribution >= 0.6 is 0 Å². The molecule has 32 heavy (non-hydrogen) atoms. The van der Waals surface area contributed by atoms with Crippen molar-refractivity contribution in [3.63, 3.8) is 0 Å². The van der Waals surface area contributed by atoms with Gasteiger partial charge in [-0.1, -0.05) is 0 Å². The van der Waals surface area contributed by atoms with E-state index in [4.69, 9.17) is 18.9 Å². The van der Waals surface area contributed by atoms with Gasteiger partial charge < -0.3 is 18.9 Å². The zero-order valence-electron chi connectivity index (χ0n) is 17.1. The summed E-state index contributed by atoms with van der Waals surface area (Å²) in [6.45, 7) is 1.12. The van der Waals surface area contributed by atoms with Crippen molar-refractivity contribution in [2.24, 2.45) is 0 Å². The highest BCUT2D eigenvalue weighted by Crippen LogP contribution is 2.32. The molecule has 0 unspecified atom stereocenters. The van der Waals surface area contributed by atoms with Gasteiger partial charge in [0, 0.05) is 18.7 Å². The van der Waals surface area contributed by atoms with Gasteiger partial charge >= 0.3 is 0 Å². The molecule has 1 fully saturated rings. The Balaban J connectivity index is 1.50. The van der Waals surface area contributed by atoms with Crippen molar-refractivity contribution in [3.8, 4) is 17.2 Å². The summed E-state index contributed by atoms with van der Waals surface area (Å²) in [4.78, 5) is 25.1. The number of hydrogen-bond acceptors (Lipinski definition) is 8. The fraction of sp³-hybridized carbons (Fsp3) is 0.300. The maximum absolute atomic E-state index is 12.9. The summed E-state index contributed by atoms with van der Waals surface area (Å²) in [6.07, 6.45) is 0. The van der Waals surface area contributed by atoms with E-state index >= 15 is 0 Å². The summed E-state index contributed by atoms with van der Waals surface area (Å²) in [5.41, 5.74) is 4.77. The molecule has 12 heteroatoms. The molecular formula is C20H21N3O8S. The minimum absolute atomic E-state index is 0.0483. The minimum Gasteiger partial charge on any atom is -0.496 e. The Labute approximate surface area is 184 Å². The van der Waals surface area contributed by atoms with E-state index in [0.717, 1.165) is 0 Å². The zero-order valence-corrected chi connectivity index (χ0v) is 17.9. The van der Waals surface area contributed by atoms with E-state index in [1.165, 1.54) is 41.7 Å². The van der Waals surface area contributed by atoms with Gasteiger partial charge in [0.25, 0.3) is 11.8 Å².